The summed E-state index contributed by atoms with van der Waals surface area (Å²) in [5.41, 5.74) is 3.83. The molecule has 5 rings (SSSR count). The number of hydrogen-bond acceptors (Lipinski definition) is 9. The highest BCUT2D eigenvalue weighted by Gasteiger charge is 2.59. The van der Waals surface area contributed by atoms with Gasteiger partial charge in [0.25, 0.3) is 0 Å². The van der Waals surface area contributed by atoms with Crippen molar-refractivity contribution in [3.63, 3.8) is 0 Å². The van der Waals surface area contributed by atoms with Crippen LogP contribution in [-0.4, -0.2) is 72.0 Å². The van der Waals surface area contributed by atoms with Gasteiger partial charge in [-0.3, -0.25) is 14.6 Å². The third-order valence-electron chi connectivity index (χ3n) is 7.97. The topological polar surface area (TPSA) is 135 Å². The number of phenols is 1. The van der Waals surface area contributed by atoms with Gasteiger partial charge in [-0.25, -0.2) is 4.79 Å². The molecule has 3 aliphatic rings. The maximum Gasteiger partial charge on any atom is 0.455 e. The number of likely N-dealkylation sites (tertiary alicyclic amines) is 1. The molecule has 2 saturated heterocycles. The molecule has 10 nitrogen and oxygen atoms in total. The molecule has 1 aromatic heterocycles. The highest BCUT2D eigenvalue weighted by atomic mass is 79.9. The van der Waals surface area contributed by atoms with E-state index >= 15 is 0 Å². The number of fused-ring (bicyclic) bond motifs is 3. The number of ether oxygens (including phenoxy) is 2. The van der Waals surface area contributed by atoms with Crippen molar-refractivity contribution in [2.45, 2.75) is 31.7 Å². The number of carbonyl (C=O) groups is 3. The van der Waals surface area contributed by atoms with Crippen LogP contribution in [0.5, 0.6) is 5.75 Å². The first kappa shape index (κ1) is 29.2. The van der Waals surface area contributed by atoms with Crippen molar-refractivity contribution < 1.29 is 38.6 Å². The predicted molar refractivity (Wildman–Crippen MR) is 153 cm³/mol. The van der Waals surface area contributed by atoms with Crippen LogP contribution in [-0.2, 0) is 23.7 Å². The summed E-state index contributed by atoms with van der Waals surface area (Å²) in [6, 6.07) is 10.7. The Morgan fingerprint density at radius 1 is 1.22 bits per heavy atom. The first-order valence-corrected chi connectivity index (χ1v) is 14.1. The van der Waals surface area contributed by atoms with Crippen LogP contribution in [0, 0.1) is 17.8 Å². The van der Waals surface area contributed by atoms with E-state index in [1.165, 1.54) is 0 Å². The molecule has 2 N–H and O–H groups in total. The van der Waals surface area contributed by atoms with Crippen LogP contribution in [0.2, 0.25) is 6.32 Å². The summed E-state index contributed by atoms with van der Waals surface area (Å²) < 4.78 is 17.0. The van der Waals surface area contributed by atoms with Crippen molar-refractivity contribution in [1.82, 2.24) is 9.88 Å². The van der Waals surface area contributed by atoms with E-state index in [-0.39, 0.29) is 25.1 Å². The number of aromatic nitrogens is 1. The molecular weight excluding hydrogens is 595 g/mol. The van der Waals surface area contributed by atoms with Crippen LogP contribution in [0.4, 0.5) is 4.79 Å². The Labute approximate surface area is 246 Å². The lowest BCUT2D eigenvalue weighted by molar-refractivity contribution is -0.137. The summed E-state index contributed by atoms with van der Waals surface area (Å²) in [6.45, 7) is 0.222. The Kier molecular flexibility index (Phi) is 8.74. The maximum absolute atomic E-state index is 13.4. The van der Waals surface area contributed by atoms with Crippen molar-refractivity contribution >= 4 is 52.6 Å². The molecule has 2 aromatic rings. The van der Waals surface area contributed by atoms with Gasteiger partial charge in [0.15, 0.2) is 0 Å². The SMILES string of the molecule is COCC1=C2[C@@H](CC/C(=C/c3cc(Br)ccc3O)c3ccccn3)OB(O)C[C@@H]2[C@@H]2C(=O)N(C(=O)OC)C(=O)[C@@H]2C1. The maximum atomic E-state index is 13.4. The van der Waals surface area contributed by atoms with Crippen LogP contribution in [0.15, 0.2) is 58.2 Å². The number of methoxy groups -OCH3 is 2. The molecule has 1 aliphatic carbocycles. The number of allylic oxidation sites excluding steroid dienone is 1. The van der Waals surface area contributed by atoms with Crippen molar-refractivity contribution in [1.29, 1.82) is 0 Å². The molecule has 0 unspecified atom stereocenters. The number of halogens is 1. The van der Waals surface area contributed by atoms with Crippen LogP contribution >= 0.6 is 15.9 Å². The second kappa shape index (κ2) is 12.3. The van der Waals surface area contributed by atoms with Gasteiger partial charge in [-0.2, -0.15) is 4.90 Å². The Balaban J connectivity index is 1.49. The Hall–Kier alpha value is -3.32. The average Bonchev–Trinajstić information content (AvgIpc) is 3.21. The fourth-order valence-electron chi connectivity index (χ4n) is 6.28. The largest absolute Gasteiger partial charge is 0.507 e. The van der Waals surface area contributed by atoms with E-state index in [1.807, 2.05) is 30.3 Å². The molecule has 3 amide bonds. The van der Waals surface area contributed by atoms with Crippen LogP contribution in [0.25, 0.3) is 11.6 Å². The van der Waals surface area contributed by atoms with Crippen molar-refractivity contribution in [2.24, 2.45) is 17.8 Å². The second-order valence-electron chi connectivity index (χ2n) is 10.4. The van der Waals surface area contributed by atoms with Gasteiger partial charge in [-0.05, 0) is 84.6 Å². The summed E-state index contributed by atoms with van der Waals surface area (Å²) in [5.74, 6) is -3.13. The molecule has 2 fully saturated rings. The number of nitrogens with zero attached hydrogens (tertiary/aromatic N) is 2. The van der Waals surface area contributed by atoms with Gasteiger partial charge >= 0.3 is 13.2 Å². The standard InChI is InChI=1S/C29H30BBrN2O8/c1-39-15-18-13-20-26(28(36)33(27(20)35)29(37)40-2)21-14-30(38)41-24(25(18)21)9-6-16(22-5-3-4-10-32-22)11-17-12-19(31)7-8-23(17)34/h3-5,7-8,10-12,20-21,24,26,34,38H,6,9,13-15H2,1-2H3/b16-11-/t20-,21+,24-,26-/m1/s1. The molecule has 4 atom stereocenters. The van der Waals surface area contributed by atoms with E-state index in [1.54, 1.807) is 25.4 Å². The lowest BCUT2D eigenvalue weighted by atomic mass is 9.58. The van der Waals surface area contributed by atoms with E-state index in [2.05, 4.69) is 20.9 Å². The zero-order valence-corrected chi connectivity index (χ0v) is 24.2. The number of carbonyl (C=O) groups excluding carboxylic acids is 3. The van der Waals surface area contributed by atoms with Crippen LogP contribution in [0.1, 0.15) is 30.5 Å². The van der Waals surface area contributed by atoms with Gasteiger partial charge in [0, 0.05) is 23.3 Å². The number of amides is 3. The van der Waals surface area contributed by atoms with Gasteiger partial charge < -0.3 is 24.3 Å². The minimum Gasteiger partial charge on any atom is -0.507 e. The first-order chi connectivity index (χ1) is 19.7. The molecule has 0 spiro atoms. The van der Waals surface area contributed by atoms with Crippen LogP contribution in [0.3, 0.4) is 0 Å². The number of aromatic hydroxyl groups is 1. The summed E-state index contributed by atoms with van der Waals surface area (Å²) in [5, 5.41) is 21.3. The summed E-state index contributed by atoms with van der Waals surface area (Å²) in [6.07, 6.45) is 3.23. The summed E-state index contributed by atoms with van der Waals surface area (Å²) in [7, 11) is 1.51. The monoisotopic (exact) mass is 624 g/mol. The zero-order valence-electron chi connectivity index (χ0n) is 22.7. The van der Waals surface area contributed by atoms with Crippen molar-refractivity contribution in [3.05, 3.63) is 69.5 Å². The molecule has 0 bridgehead atoms. The van der Waals surface area contributed by atoms with E-state index in [9.17, 15) is 24.5 Å². The Morgan fingerprint density at radius 3 is 2.73 bits per heavy atom. The molecule has 41 heavy (non-hydrogen) atoms. The lowest BCUT2D eigenvalue weighted by Gasteiger charge is -2.43. The third-order valence-corrected chi connectivity index (χ3v) is 8.47. The van der Waals surface area contributed by atoms with Gasteiger partial charge in [0.05, 0.1) is 37.4 Å². The fourth-order valence-corrected chi connectivity index (χ4v) is 6.66. The van der Waals surface area contributed by atoms with Gasteiger partial charge in [-0.1, -0.05) is 22.0 Å². The summed E-state index contributed by atoms with van der Waals surface area (Å²) >= 11 is 3.45. The quantitative estimate of drug-likeness (QED) is 0.265. The highest BCUT2D eigenvalue weighted by Crippen LogP contribution is 2.51. The molecule has 3 heterocycles. The Bertz CT molecular complexity index is 1410. The number of pyridine rings is 1. The number of benzene rings is 1. The minimum absolute atomic E-state index is 0.114. The highest BCUT2D eigenvalue weighted by molar-refractivity contribution is 9.10. The average molecular weight is 625 g/mol. The number of imide groups is 3. The molecule has 1 aromatic carbocycles. The summed E-state index contributed by atoms with van der Waals surface area (Å²) in [4.78, 5) is 43.9. The van der Waals surface area contributed by atoms with E-state index < -0.39 is 48.9 Å². The van der Waals surface area contributed by atoms with Crippen molar-refractivity contribution in [2.75, 3.05) is 20.8 Å². The van der Waals surface area contributed by atoms with Crippen molar-refractivity contribution in [3.8, 4) is 5.75 Å². The van der Waals surface area contributed by atoms with E-state index in [4.69, 9.17) is 14.1 Å². The third kappa shape index (κ3) is 5.74. The Morgan fingerprint density at radius 2 is 2.02 bits per heavy atom. The smallest absolute Gasteiger partial charge is 0.455 e. The fraction of sp³-hybridized carbons (Fsp3) is 0.379. The zero-order chi connectivity index (χ0) is 29.3. The number of phenolic OH excluding ortho intramolecular Hbond substituents is 1. The van der Waals surface area contributed by atoms with E-state index in [0.717, 1.165) is 34.0 Å². The first-order valence-electron chi connectivity index (χ1n) is 13.3. The normalized spacial score (nSPS) is 24.4. The van der Waals surface area contributed by atoms with Gasteiger partial charge in [0.1, 0.15) is 5.75 Å². The molecule has 12 heteroatoms. The number of rotatable bonds is 7. The van der Waals surface area contributed by atoms with Gasteiger partial charge in [0.2, 0.25) is 11.8 Å². The lowest BCUT2D eigenvalue weighted by Crippen LogP contribution is -2.46. The molecule has 2 aliphatic heterocycles. The second-order valence-corrected chi connectivity index (χ2v) is 11.3. The molecular formula is C29H30BBrN2O8. The predicted octanol–water partition coefficient (Wildman–Crippen LogP) is 4.08. The van der Waals surface area contributed by atoms with Gasteiger partial charge in [-0.15, -0.1) is 0 Å². The van der Waals surface area contributed by atoms with E-state index in [0.29, 0.717) is 23.3 Å². The molecule has 214 valence electrons. The molecule has 0 saturated carbocycles. The minimum atomic E-state index is -1.16. The van der Waals surface area contributed by atoms with Crippen LogP contribution < -0.4 is 0 Å². The molecule has 0 radical (unpaired) electrons. The number of hydrogen-bond donors (Lipinski definition) is 2.